The van der Waals surface area contributed by atoms with E-state index in [-0.39, 0.29) is 23.8 Å². The highest BCUT2D eigenvalue weighted by Gasteiger charge is 2.27. The van der Waals surface area contributed by atoms with Crippen LogP contribution >= 0.6 is 0 Å². The van der Waals surface area contributed by atoms with Gasteiger partial charge in [-0.2, -0.15) is 0 Å². The molecular formula is C20H21FN2O6. The highest BCUT2D eigenvalue weighted by molar-refractivity contribution is 6.07. The summed E-state index contributed by atoms with van der Waals surface area (Å²) in [4.78, 5) is 37.3. The van der Waals surface area contributed by atoms with Crippen LogP contribution in [0.25, 0.3) is 11.1 Å². The van der Waals surface area contributed by atoms with Gasteiger partial charge in [-0.1, -0.05) is 31.4 Å². The Bertz CT molecular complexity index is 1010. The van der Waals surface area contributed by atoms with Crippen LogP contribution in [0.2, 0.25) is 0 Å². The lowest BCUT2D eigenvalue weighted by atomic mass is 9.94. The van der Waals surface area contributed by atoms with Gasteiger partial charge in [0, 0.05) is 11.1 Å². The fraction of sp³-hybridized carbons (Fsp3) is 0.350. The van der Waals surface area contributed by atoms with Crippen LogP contribution in [0.3, 0.4) is 0 Å². The Hall–Kier alpha value is -3.20. The number of aromatic nitrogens is 1. The first-order valence-electron chi connectivity index (χ1n) is 9.22. The van der Waals surface area contributed by atoms with Gasteiger partial charge in [0.2, 0.25) is 0 Å². The monoisotopic (exact) mass is 404 g/mol. The van der Waals surface area contributed by atoms with Crippen LogP contribution in [0.4, 0.5) is 10.2 Å². The minimum absolute atomic E-state index is 0.0475. The van der Waals surface area contributed by atoms with E-state index in [1.165, 1.54) is 18.6 Å². The lowest BCUT2D eigenvalue weighted by Crippen LogP contribution is -2.24. The molecule has 0 saturated heterocycles. The molecule has 2 aromatic rings. The molecule has 1 aromatic heterocycles. The second-order valence-corrected chi connectivity index (χ2v) is 6.98. The predicted octanol–water partition coefficient (Wildman–Crippen LogP) is 3.01. The number of nitrogen functional groups attached to an aromatic ring is 1. The predicted molar refractivity (Wildman–Crippen MR) is 102 cm³/mol. The number of ether oxygens (including phenoxy) is 1. The van der Waals surface area contributed by atoms with Crippen molar-refractivity contribution < 1.29 is 28.9 Å². The van der Waals surface area contributed by atoms with Gasteiger partial charge in [0.25, 0.3) is 5.56 Å². The first-order valence-corrected chi connectivity index (χ1v) is 9.22. The third kappa shape index (κ3) is 4.29. The normalized spacial score (nSPS) is 14.7. The number of aromatic carboxylic acids is 2. The molecule has 0 atom stereocenters. The average molecular weight is 404 g/mol. The van der Waals surface area contributed by atoms with Gasteiger partial charge in [0.15, 0.2) is 0 Å². The van der Waals surface area contributed by atoms with Gasteiger partial charge in [-0.15, -0.1) is 0 Å². The lowest BCUT2D eigenvalue weighted by molar-refractivity contribution is 0.0156. The van der Waals surface area contributed by atoms with Crippen molar-refractivity contribution >= 4 is 17.8 Å². The summed E-state index contributed by atoms with van der Waals surface area (Å²) in [5, 5.41) is 18.8. The highest BCUT2D eigenvalue weighted by atomic mass is 19.1. The van der Waals surface area contributed by atoms with Crippen LogP contribution in [-0.2, 0) is 11.3 Å². The second-order valence-electron chi connectivity index (χ2n) is 6.98. The Labute approximate surface area is 165 Å². The maximum Gasteiger partial charge on any atom is 0.342 e. The third-order valence-electron chi connectivity index (χ3n) is 5.04. The van der Waals surface area contributed by atoms with Crippen molar-refractivity contribution in [3.8, 4) is 11.1 Å². The molecule has 0 spiro atoms. The molecule has 1 heterocycles. The molecule has 0 bridgehead atoms. The van der Waals surface area contributed by atoms with Crippen molar-refractivity contribution in [3.63, 3.8) is 0 Å². The number of carbonyl (C=O) groups is 2. The van der Waals surface area contributed by atoms with Crippen LogP contribution in [0.15, 0.2) is 23.0 Å². The van der Waals surface area contributed by atoms with Crippen molar-refractivity contribution in [2.24, 2.45) is 0 Å². The smallest absolute Gasteiger partial charge is 0.342 e. The summed E-state index contributed by atoms with van der Waals surface area (Å²) in [5.41, 5.74) is 2.84. The average Bonchev–Trinajstić information content (AvgIpc) is 2.66. The zero-order chi connectivity index (χ0) is 21.1. The molecule has 1 saturated carbocycles. The van der Waals surface area contributed by atoms with Crippen LogP contribution < -0.4 is 11.3 Å². The Kier molecular flexibility index (Phi) is 5.97. The third-order valence-corrected chi connectivity index (χ3v) is 5.04. The molecule has 29 heavy (non-hydrogen) atoms. The fourth-order valence-electron chi connectivity index (χ4n) is 3.59. The molecular weight excluding hydrogens is 383 g/mol. The molecule has 1 aromatic carbocycles. The SMILES string of the molecule is Nc1[nH]c(=O)c(C(=O)O)c(-c2ccc(COC3CCCCC3)c(F)c2)c1C(=O)O. The Morgan fingerprint density at radius 3 is 2.38 bits per heavy atom. The maximum absolute atomic E-state index is 14.7. The molecule has 1 aliphatic rings. The van der Waals surface area contributed by atoms with Crippen molar-refractivity contribution in [1.82, 2.24) is 4.98 Å². The first kappa shape index (κ1) is 20.5. The Morgan fingerprint density at radius 1 is 1.14 bits per heavy atom. The fourth-order valence-corrected chi connectivity index (χ4v) is 3.59. The standard InChI is InChI=1S/C20H21FN2O6/c21-13-8-10(6-7-11(13)9-29-12-4-2-1-3-5-12)14-15(19(25)26)17(22)23-18(24)16(14)20(27)28/h6-8,12H,1-5,9H2,(H,25,26)(H,27,28)(H3,22,23,24). The van der Waals surface area contributed by atoms with E-state index in [0.29, 0.717) is 0 Å². The maximum atomic E-state index is 14.7. The van der Waals surface area contributed by atoms with E-state index >= 15 is 0 Å². The largest absolute Gasteiger partial charge is 0.478 e. The second kappa shape index (κ2) is 8.44. The molecule has 0 amide bonds. The summed E-state index contributed by atoms with van der Waals surface area (Å²) in [7, 11) is 0. The summed E-state index contributed by atoms with van der Waals surface area (Å²) in [6.07, 6.45) is 5.25. The molecule has 3 rings (SSSR count). The summed E-state index contributed by atoms with van der Waals surface area (Å²) in [5.74, 6) is -4.38. The van der Waals surface area contributed by atoms with Crippen molar-refractivity contribution in [1.29, 1.82) is 0 Å². The zero-order valence-corrected chi connectivity index (χ0v) is 15.5. The van der Waals surface area contributed by atoms with E-state index in [1.54, 1.807) is 0 Å². The number of nitrogens with two attached hydrogens (primary N) is 1. The number of carboxylic acids is 2. The number of pyridine rings is 1. The number of hydrogen-bond acceptors (Lipinski definition) is 5. The van der Waals surface area contributed by atoms with Crippen molar-refractivity contribution in [2.75, 3.05) is 5.73 Å². The van der Waals surface area contributed by atoms with Crippen LogP contribution in [-0.4, -0.2) is 33.2 Å². The summed E-state index contributed by atoms with van der Waals surface area (Å²) in [6.45, 7) is 0.0475. The number of halogens is 1. The molecule has 0 aliphatic heterocycles. The number of nitrogens with one attached hydrogen (secondary N) is 1. The zero-order valence-electron chi connectivity index (χ0n) is 15.5. The van der Waals surface area contributed by atoms with Crippen molar-refractivity contribution in [2.45, 2.75) is 44.8 Å². The lowest BCUT2D eigenvalue weighted by Gasteiger charge is -2.22. The summed E-state index contributed by atoms with van der Waals surface area (Å²) in [6, 6.07) is 3.74. The number of hydrogen-bond donors (Lipinski definition) is 4. The van der Waals surface area contributed by atoms with Gasteiger partial charge in [0.1, 0.15) is 22.8 Å². The van der Waals surface area contributed by atoms with E-state index in [9.17, 15) is 29.0 Å². The van der Waals surface area contributed by atoms with E-state index in [0.717, 1.165) is 31.7 Å². The number of H-pyrrole nitrogens is 1. The minimum Gasteiger partial charge on any atom is -0.478 e. The van der Waals surface area contributed by atoms with Gasteiger partial charge in [-0.25, -0.2) is 14.0 Å². The number of anilines is 1. The van der Waals surface area contributed by atoms with Crippen LogP contribution in [0, 0.1) is 5.82 Å². The van der Waals surface area contributed by atoms with E-state index < -0.39 is 45.8 Å². The van der Waals surface area contributed by atoms with Gasteiger partial charge in [0.05, 0.1) is 12.7 Å². The molecule has 1 fully saturated rings. The van der Waals surface area contributed by atoms with Crippen molar-refractivity contribution in [3.05, 3.63) is 51.1 Å². The Morgan fingerprint density at radius 2 is 1.79 bits per heavy atom. The molecule has 9 heteroatoms. The van der Waals surface area contributed by atoms with Gasteiger partial charge in [-0.3, -0.25) is 4.79 Å². The van der Waals surface area contributed by atoms with E-state index in [2.05, 4.69) is 0 Å². The number of aromatic amines is 1. The minimum atomic E-state index is -1.64. The van der Waals surface area contributed by atoms with Gasteiger partial charge >= 0.3 is 11.9 Å². The molecule has 8 nitrogen and oxygen atoms in total. The first-order chi connectivity index (χ1) is 13.8. The number of benzene rings is 1. The van der Waals surface area contributed by atoms with E-state index in [1.807, 2.05) is 4.98 Å². The molecule has 1 aliphatic carbocycles. The Balaban J connectivity index is 2.00. The molecule has 154 valence electrons. The van der Waals surface area contributed by atoms with Gasteiger partial charge < -0.3 is 25.7 Å². The highest BCUT2D eigenvalue weighted by Crippen LogP contribution is 2.31. The molecule has 0 unspecified atom stereocenters. The summed E-state index contributed by atoms with van der Waals surface area (Å²) >= 11 is 0. The number of carboxylic acid groups (broad SMARTS) is 2. The summed E-state index contributed by atoms with van der Waals surface area (Å²) < 4.78 is 20.4. The molecule has 5 N–H and O–H groups in total. The molecule has 0 radical (unpaired) electrons. The number of rotatable bonds is 6. The van der Waals surface area contributed by atoms with Crippen LogP contribution in [0.5, 0.6) is 0 Å². The van der Waals surface area contributed by atoms with E-state index in [4.69, 9.17) is 10.5 Å². The van der Waals surface area contributed by atoms with Crippen LogP contribution in [0.1, 0.15) is 58.4 Å². The quantitative estimate of drug-likeness (QED) is 0.579. The topological polar surface area (TPSA) is 143 Å². The van der Waals surface area contributed by atoms with Gasteiger partial charge in [-0.05, 0) is 24.5 Å².